The molecule has 2 rings (SSSR count). The standard InChI is InChI=1S/C9H13N3O5/c10-8(16)9-11-1-3(12-9)7-6(15)5(14)4(2-13)17-7/h1,4-7,13-15H,2H2,(H2,10,16)(H,11,12)/t4-,5-,6-,7?/m1/s1. The summed E-state index contributed by atoms with van der Waals surface area (Å²) in [6.07, 6.45) is -2.81. The van der Waals surface area contributed by atoms with Gasteiger partial charge in [-0.2, -0.15) is 0 Å². The fourth-order valence-electron chi connectivity index (χ4n) is 1.75. The lowest BCUT2D eigenvalue weighted by molar-refractivity contribution is -0.0238. The Morgan fingerprint density at radius 2 is 2.24 bits per heavy atom. The van der Waals surface area contributed by atoms with Crippen molar-refractivity contribution in [1.82, 2.24) is 9.97 Å². The van der Waals surface area contributed by atoms with Crippen molar-refractivity contribution in [3.8, 4) is 0 Å². The number of nitrogens with two attached hydrogens (primary N) is 1. The van der Waals surface area contributed by atoms with Crippen LogP contribution in [0.25, 0.3) is 0 Å². The summed E-state index contributed by atoms with van der Waals surface area (Å²) in [6, 6.07) is 0. The van der Waals surface area contributed by atoms with Gasteiger partial charge in [0.15, 0.2) is 5.82 Å². The summed E-state index contributed by atoms with van der Waals surface area (Å²) in [4.78, 5) is 17.2. The van der Waals surface area contributed by atoms with E-state index >= 15 is 0 Å². The van der Waals surface area contributed by atoms with Crippen LogP contribution in [-0.4, -0.2) is 56.1 Å². The number of aliphatic hydroxyl groups is 3. The summed E-state index contributed by atoms with van der Waals surface area (Å²) < 4.78 is 5.23. The smallest absolute Gasteiger partial charge is 0.284 e. The largest absolute Gasteiger partial charge is 0.394 e. The van der Waals surface area contributed by atoms with Crippen molar-refractivity contribution in [3.05, 3.63) is 17.7 Å². The third-order valence-electron chi connectivity index (χ3n) is 2.66. The number of aliphatic hydroxyl groups excluding tert-OH is 3. The summed E-state index contributed by atoms with van der Waals surface area (Å²) in [6.45, 7) is -0.415. The molecule has 1 amide bonds. The molecule has 8 nitrogen and oxygen atoms in total. The van der Waals surface area contributed by atoms with Crippen LogP contribution in [0.2, 0.25) is 0 Å². The lowest BCUT2D eigenvalue weighted by atomic mass is 10.1. The molecule has 17 heavy (non-hydrogen) atoms. The fourth-order valence-corrected chi connectivity index (χ4v) is 1.75. The van der Waals surface area contributed by atoms with E-state index in [2.05, 4.69) is 9.97 Å². The molecule has 6 N–H and O–H groups in total. The molecular formula is C9H13N3O5. The number of aromatic amines is 1. The molecule has 0 aliphatic carbocycles. The van der Waals surface area contributed by atoms with Crippen LogP contribution in [0.5, 0.6) is 0 Å². The summed E-state index contributed by atoms with van der Waals surface area (Å²) >= 11 is 0. The van der Waals surface area contributed by atoms with Crippen molar-refractivity contribution in [2.45, 2.75) is 24.4 Å². The van der Waals surface area contributed by atoms with E-state index in [1.165, 1.54) is 6.20 Å². The number of imidazole rings is 1. The van der Waals surface area contributed by atoms with Gasteiger partial charge < -0.3 is 30.8 Å². The van der Waals surface area contributed by atoms with Crippen molar-refractivity contribution in [2.75, 3.05) is 6.61 Å². The zero-order valence-corrected chi connectivity index (χ0v) is 8.78. The molecule has 1 aliphatic rings. The molecule has 4 atom stereocenters. The van der Waals surface area contributed by atoms with Gasteiger partial charge in [0.05, 0.1) is 12.3 Å². The fraction of sp³-hybridized carbons (Fsp3) is 0.556. The van der Waals surface area contributed by atoms with Crippen LogP contribution in [0.4, 0.5) is 0 Å². The topological polar surface area (TPSA) is 142 Å². The first kappa shape index (κ1) is 12.0. The molecule has 1 saturated heterocycles. The van der Waals surface area contributed by atoms with Gasteiger partial charge in [-0.05, 0) is 0 Å². The van der Waals surface area contributed by atoms with E-state index in [1.54, 1.807) is 0 Å². The van der Waals surface area contributed by atoms with E-state index in [-0.39, 0.29) is 11.5 Å². The van der Waals surface area contributed by atoms with Gasteiger partial charge in [0, 0.05) is 6.20 Å². The van der Waals surface area contributed by atoms with Crippen molar-refractivity contribution in [2.24, 2.45) is 5.73 Å². The van der Waals surface area contributed by atoms with E-state index in [0.29, 0.717) is 0 Å². The second kappa shape index (κ2) is 4.41. The Labute approximate surface area is 96.0 Å². The molecule has 0 spiro atoms. The second-order valence-corrected chi connectivity index (χ2v) is 3.80. The van der Waals surface area contributed by atoms with E-state index in [0.717, 1.165) is 0 Å². The third kappa shape index (κ3) is 2.03. The number of hydrogen-bond donors (Lipinski definition) is 5. The summed E-state index contributed by atoms with van der Waals surface area (Å²) in [5.74, 6) is -0.791. The zero-order chi connectivity index (χ0) is 12.6. The molecule has 8 heteroatoms. The molecule has 0 aromatic carbocycles. The first-order valence-corrected chi connectivity index (χ1v) is 5.02. The lowest BCUT2D eigenvalue weighted by Crippen LogP contribution is -2.32. The number of carbonyl (C=O) groups is 1. The molecule has 0 saturated carbocycles. The molecule has 1 fully saturated rings. The maximum absolute atomic E-state index is 10.8. The van der Waals surface area contributed by atoms with E-state index < -0.39 is 36.9 Å². The normalized spacial score (nSPS) is 32.9. The maximum atomic E-state index is 10.8. The van der Waals surface area contributed by atoms with Crippen molar-refractivity contribution >= 4 is 5.91 Å². The number of rotatable bonds is 3. The number of carbonyl (C=O) groups excluding carboxylic acids is 1. The van der Waals surface area contributed by atoms with Crippen LogP contribution in [0, 0.1) is 0 Å². The minimum Gasteiger partial charge on any atom is -0.394 e. The molecule has 0 bridgehead atoms. The number of aromatic nitrogens is 2. The van der Waals surface area contributed by atoms with Crippen LogP contribution in [-0.2, 0) is 4.74 Å². The predicted molar refractivity (Wildman–Crippen MR) is 53.8 cm³/mol. The molecule has 1 aromatic heterocycles. The Bertz CT molecular complexity index is 421. The Hall–Kier alpha value is -1.48. The quantitative estimate of drug-likeness (QED) is 0.403. The molecular weight excluding hydrogens is 230 g/mol. The van der Waals surface area contributed by atoms with Gasteiger partial charge in [0.1, 0.15) is 24.4 Å². The number of hydrogen-bond acceptors (Lipinski definition) is 6. The minimum absolute atomic E-state index is 0.0576. The Balaban J connectivity index is 2.19. The van der Waals surface area contributed by atoms with Gasteiger partial charge in [-0.15, -0.1) is 0 Å². The second-order valence-electron chi connectivity index (χ2n) is 3.80. The summed E-state index contributed by atoms with van der Waals surface area (Å²) in [5.41, 5.74) is 5.27. The molecule has 1 unspecified atom stereocenters. The van der Waals surface area contributed by atoms with E-state index in [9.17, 15) is 15.0 Å². The van der Waals surface area contributed by atoms with Crippen LogP contribution in [0.1, 0.15) is 22.4 Å². The highest BCUT2D eigenvalue weighted by Crippen LogP contribution is 2.32. The molecule has 0 radical (unpaired) electrons. The van der Waals surface area contributed by atoms with Gasteiger partial charge >= 0.3 is 0 Å². The van der Waals surface area contributed by atoms with E-state index in [1.807, 2.05) is 0 Å². The monoisotopic (exact) mass is 243 g/mol. The molecule has 94 valence electrons. The third-order valence-corrected chi connectivity index (χ3v) is 2.66. The lowest BCUT2D eigenvalue weighted by Gasteiger charge is -2.11. The number of H-pyrrole nitrogens is 1. The highest BCUT2D eigenvalue weighted by atomic mass is 16.6. The molecule has 2 heterocycles. The number of amides is 1. The average Bonchev–Trinajstić information content (AvgIpc) is 2.87. The van der Waals surface area contributed by atoms with Crippen LogP contribution >= 0.6 is 0 Å². The molecule has 1 aromatic rings. The SMILES string of the molecule is NC(=O)c1nc(C2O[C@H](CO)[C@@H](O)[C@H]2O)c[nH]1. The Morgan fingerprint density at radius 1 is 1.53 bits per heavy atom. The average molecular weight is 243 g/mol. The summed E-state index contributed by atoms with van der Waals surface area (Å²) in [5, 5.41) is 28.2. The van der Waals surface area contributed by atoms with Gasteiger partial charge in [-0.1, -0.05) is 0 Å². The van der Waals surface area contributed by atoms with Crippen molar-refractivity contribution < 1.29 is 24.9 Å². The van der Waals surface area contributed by atoms with Crippen molar-refractivity contribution in [1.29, 1.82) is 0 Å². The number of nitrogens with zero attached hydrogens (tertiary/aromatic N) is 1. The zero-order valence-electron chi connectivity index (χ0n) is 8.78. The van der Waals surface area contributed by atoms with Gasteiger partial charge in [-0.25, -0.2) is 4.98 Å². The maximum Gasteiger partial charge on any atom is 0.284 e. The van der Waals surface area contributed by atoms with Crippen molar-refractivity contribution in [3.63, 3.8) is 0 Å². The van der Waals surface area contributed by atoms with Gasteiger partial charge in [0.2, 0.25) is 0 Å². The van der Waals surface area contributed by atoms with Crippen LogP contribution in [0.3, 0.4) is 0 Å². The predicted octanol–water partition coefficient (Wildman–Crippen LogP) is -2.34. The Kier molecular flexibility index (Phi) is 3.11. The van der Waals surface area contributed by atoms with Gasteiger partial charge in [-0.3, -0.25) is 4.79 Å². The number of ether oxygens (including phenoxy) is 1. The van der Waals surface area contributed by atoms with Gasteiger partial charge in [0.25, 0.3) is 5.91 Å². The first-order valence-electron chi connectivity index (χ1n) is 5.02. The highest BCUT2D eigenvalue weighted by Gasteiger charge is 2.44. The van der Waals surface area contributed by atoms with Crippen LogP contribution < -0.4 is 5.73 Å². The molecule has 1 aliphatic heterocycles. The Morgan fingerprint density at radius 3 is 2.71 bits per heavy atom. The highest BCUT2D eigenvalue weighted by molar-refractivity contribution is 5.88. The number of nitrogens with one attached hydrogen (secondary N) is 1. The van der Waals surface area contributed by atoms with Crippen LogP contribution in [0.15, 0.2) is 6.20 Å². The summed E-state index contributed by atoms with van der Waals surface area (Å²) in [7, 11) is 0. The minimum atomic E-state index is -1.21. The van der Waals surface area contributed by atoms with E-state index in [4.69, 9.17) is 15.6 Å². The first-order chi connectivity index (χ1) is 8.04. The number of primary amides is 1.